The molecule has 1 spiro atoms. The number of likely N-dealkylation sites (tertiary alicyclic amines) is 1. The van der Waals surface area contributed by atoms with Crippen molar-refractivity contribution in [3.05, 3.63) is 15.5 Å². The standard InChI is InChI=1S/C17H24IN3O/c1-10(2)21-14(5-15(18)19-21)16-12-6-17(7-13(12)16)3-4-20(17)11-8-22-9-11/h5,10-13,16H,3-4,6-9H2,1-2H3/t12-,13+,16?,17?. The molecule has 2 unspecified atom stereocenters. The van der Waals surface area contributed by atoms with Gasteiger partial charge < -0.3 is 4.74 Å². The highest BCUT2D eigenvalue weighted by Crippen LogP contribution is 2.69. The molecule has 4 aliphatic rings. The van der Waals surface area contributed by atoms with Crippen LogP contribution < -0.4 is 0 Å². The fourth-order valence-electron chi connectivity index (χ4n) is 5.41. The predicted molar refractivity (Wildman–Crippen MR) is 92.9 cm³/mol. The van der Waals surface area contributed by atoms with E-state index in [-0.39, 0.29) is 0 Å². The van der Waals surface area contributed by atoms with Gasteiger partial charge in [-0.2, -0.15) is 5.10 Å². The lowest BCUT2D eigenvalue weighted by atomic mass is 9.77. The molecule has 1 aromatic rings. The minimum atomic E-state index is 0.473. The summed E-state index contributed by atoms with van der Waals surface area (Å²) in [6.45, 7) is 7.74. The van der Waals surface area contributed by atoms with E-state index in [1.807, 2.05) is 0 Å². The van der Waals surface area contributed by atoms with E-state index in [4.69, 9.17) is 9.84 Å². The quantitative estimate of drug-likeness (QED) is 0.714. The van der Waals surface area contributed by atoms with Crippen LogP contribution in [-0.4, -0.2) is 46.0 Å². The van der Waals surface area contributed by atoms with Crippen LogP contribution in [0.25, 0.3) is 0 Å². The molecule has 5 heteroatoms. The van der Waals surface area contributed by atoms with Crippen LogP contribution in [0.3, 0.4) is 0 Å². The molecule has 0 amide bonds. The molecule has 4 nitrogen and oxygen atoms in total. The molecular weight excluding hydrogens is 389 g/mol. The third kappa shape index (κ3) is 1.85. The third-order valence-corrected chi connectivity index (χ3v) is 7.14. The Morgan fingerprint density at radius 3 is 2.55 bits per heavy atom. The van der Waals surface area contributed by atoms with E-state index in [0.717, 1.165) is 40.7 Å². The average Bonchev–Trinajstić information content (AvgIpc) is 2.80. The highest BCUT2D eigenvalue weighted by atomic mass is 127. The molecule has 2 saturated carbocycles. The zero-order valence-electron chi connectivity index (χ0n) is 13.3. The maximum Gasteiger partial charge on any atom is 0.123 e. The van der Waals surface area contributed by atoms with E-state index in [9.17, 15) is 0 Å². The van der Waals surface area contributed by atoms with E-state index in [2.05, 4.69) is 52.1 Å². The van der Waals surface area contributed by atoms with Crippen LogP contribution in [0.5, 0.6) is 0 Å². The van der Waals surface area contributed by atoms with Crippen LogP contribution in [-0.2, 0) is 4.74 Å². The van der Waals surface area contributed by atoms with Gasteiger partial charge in [0.15, 0.2) is 0 Å². The first-order chi connectivity index (χ1) is 10.6. The highest BCUT2D eigenvalue weighted by Gasteiger charge is 2.67. The normalized spacial score (nSPS) is 40.8. The lowest BCUT2D eigenvalue weighted by molar-refractivity contribution is -0.149. The summed E-state index contributed by atoms with van der Waals surface area (Å²) < 4.78 is 8.84. The number of nitrogens with zero attached hydrogens (tertiary/aromatic N) is 3. The molecule has 0 N–H and O–H groups in total. The number of halogens is 1. The summed E-state index contributed by atoms with van der Waals surface area (Å²) in [5, 5.41) is 4.71. The Hall–Kier alpha value is -0.140. The van der Waals surface area contributed by atoms with Gasteiger partial charge in [-0.3, -0.25) is 9.58 Å². The molecule has 4 atom stereocenters. The van der Waals surface area contributed by atoms with Crippen molar-refractivity contribution in [2.45, 2.75) is 56.7 Å². The molecule has 22 heavy (non-hydrogen) atoms. The average molecular weight is 413 g/mol. The minimum absolute atomic E-state index is 0.473. The van der Waals surface area contributed by atoms with Crippen LogP contribution in [0.2, 0.25) is 0 Å². The highest BCUT2D eigenvalue weighted by molar-refractivity contribution is 14.1. The minimum Gasteiger partial charge on any atom is -0.378 e. The molecule has 0 radical (unpaired) electrons. The zero-order valence-corrected chi connectivity index (χ0v) is 15.5. The summed E-state index contributed by atoms with van der Waals surface area (Å²) in [5.41, 5.74) is 2.05. The smallest absolute Gasteiger partial charge is 0.123 e. The van der Waals surface area contributed by atoms with E-state index in [1.165, 1.54) is 31.5 Å². The van der Waals surface area contributed by atoms with E-state index in [1.54, 1.807) is 0 Å². The van der Waals surface area contributed by atoms with Crippen molar-refractivity contribution in [2.24, 2.45) is 11.8 Å². The Bertz CT molecular complexity index is 597. The molecule has 0 bridgehead atoms. The maximum atomic E-state index is 5.41. The van der Waals surface area contributed by atoms with Gasteiger partial charge in [0.2, 0.25) is 0 Å². The molecule has 4 fully saturated rings. The van der Waals surface area contributed by atoms with Crippen molar-refractivity contribution in [3.8, 4) is 0 Å². The van der Waals surface area contributed by atoms with Gasteiger partial charge in [-0.25, -0.2) is 0 Å². The van der Waals surface area contributed by atoms with Crippen molar-refractivity contribution < 1.29 is 4.74 Å². The predicted octanol–water partition coefficient (Wildman–Crippen LogP) is 3.04. The molecule has 1 aromatic heterocycles. The van der Waals surface area contributed by atoms with Gasteiger partial charge in [0.1, 0.15) is 3.70 Å². The lowest BCUT2D eigenvalue weighted by Gasteiger charge is -2.57. The number of ether oxygens (including phenoxy) is 1. The monoisotopic (exact) mass is 413 g/mol. The van der Waals surface area contributed by atoms with Gasteiger partial charge in [0, 0.05) is 29.7 Å². The fraction of sp³-hybridized carbons (Fsp3) is 0.824. The number of aromatic nitrogens is 2. The summed E-state index contributed by atoms with van der Waals surface area (Å²) in [6.07, 6.45) is 4.25. The van der Waals surface area contributed by atoms with E-state index < -0.39 is 0 Å². The Balaban J connectivity index is 1.33. The molecule has 5 rings (SSSR count). The summed E-state index contributed by atoms with van der Waals surface area (Å²) in [6, 6.07) is 3.53. The SMILES string of the molecule is CC(C)n1nc(I)cc1C1[C@H]2CC3(CCN3C3COC3)C[C@@H]12. The molecule has 2 aliphatic carbocycles. The lowest BCUT2D eigenvalue weighted by Crippen LogP contribution is -2.67. The second-order valence-electron chi connectivity index (χ2n) is 8.05. The van der Waals surface area contributed by atoms with Gasteiger partial charge >= 0.3 is 0 Å². The zero-order chi connectivity index (χ0) is 15.1. The van der Waals surface area contributed by atoms with Gasteiger partial charge in [-0.05, 0) is 73.6 Å². The Morgan fingerprint density at radius 1 is 1.32 bits per heavy atom. The number of fused-ring (bicyclic) bond motifs is 1. The Labute approximate surface area is 145 Å². The Morgan fingerprint density at radius 2 is 2.05 bits per heavy atom. The first-order valence-electron chi connectivity index (χ1n) is 8.68. The van der Waals surface area contributed by atoms with Gasteiger partial charge in [-0.1, -0.05) is 0 Å². The summed E-state index contributed by atoms with van der Waals surface area (Å²) >= 11 is 2.36. The maximum absolute atomic E-state index is 5.41. The molecular formula is C17H24IN3O. The molecule has 0 aromatic carbocycles. The largest absolute Gasteiger partial charge is 0.378 e. The van der Waals surface area contributed by atoms with Crippen LogP contribution in [0.1, 0.15) is 50.8 Å². The van der Waals surface area contributed by atoms with Crippen molar-refractivity contribution in [2.75, 3.05) is 19.8 Å². The van der Waals surface area contributed by atoms with E-state index in [0.29, 0.717) is 11.6 Å². The summed E-state index contributed by atoms with van der Waals surface area (Å²) in [4.78, 5) is 2.78. The summed E-state index contributed by atoms with van der Waals surface area (Å²) in [7, 11) is 0. The van der Waals surface area contributed by atoms with E-state index >= 15 is 0 Å². The van der Waals surface area contributed by atoms with Gasteiger partial charge in [-0.15, -0.1) is 0 Å². The van der Waals surface area contributed by atoms with Crippen LogP contribution in [0, 0.1) is 15.5 Å². The van der Waals surface area contributed by atoms with Crippen molar-refractivity contribution in [1.82, 2.24) is 14.7 Å². The second-order valence-corrected chi connectivity index (χ2v) is 9.16. The Kier molecular flexibility index (Phi) is 3.04. The molecule has 2 saturated heterocycles. The molecule has 2 aliphatic heterocycles. The second kappa shape index (κ2) is 4.70. The fourth-order valence-corrected chi connectivity index (χ4v) is 5.96. The third-order valence-electron chi connectivity index (χ3n) is 6.62. The van der Waals surface area contributed by atoms with Gasteiger partial charge in [0.25, 0.3) is 0 Å². The summed E-state index contributed by atoms with van der Waals surface area (Å²) in [5.74, 6) is 2.60. The topological polar surface area (TPSA) is 30.3 Å². The number of rotatable bonds is 3. The number of hydrogen-bond acceptors (Lipinski definition) is 3. The van der Waals surface area contributed by atoms with Crippen LogP contribution >= 0.6 is 22.6 Å². The van der Waals surface area contributed by atoms with Crippen molar-refractivity contribution >= 4 is 22.6 Å². The van der Waals surface area contributed by atoms with Crippen LogP contribution in [0.15, 0.2) is 6.07 Å². The molecule has 120 valence electrons. The van der Waals surface area contributed by atoms with Crippen molar-refractivity contribution in [1.29, 1.82) is 0 Å². The van der Waals surface area contributed by atoms with Crippen LogP contribution in [0.4, 0.5) is 0 Å². The molecule has 3 heterocycles. The first-order valence-corrected chi connectivity index (χ1v) is 9.76. The first kappa shape index (κ1) is 14.2. The number of hydrogen-bond donors (Lipinski definition) is 0. The van der Waals surface area contributed by atoms with Gasteiger partial charge in [0.05, 0.1) is 19.3 Å². The van der Waals surface area contributed by atoms with Crippen molar-refractivity contribution in [3.63, 3.8) is 0 Å².